The first-order valence-electron chi connectivity index (χ1n) is 9.59. The molecule has 0 aliphatic heterocycles. The van der Waals surface area contributed by atoms with E-state index in [4.69, 9.17) is 10.00 Å². The summed E-state index contributed by atoms with van der Waals surface area (Å²) in [6.07, 6.45) is 1.10. The number of ether oxygens (including phenoxy) is 1. The number of nitriles is 1. The summed E-state index contributed by atoms with van der Waals surface area (Å²) in [5, 5.41) is 9.92. The number of anilines is 1. The molecule has 0 atom stereocenters. The maximum atomic E-state index is 13.7. The van der Waals surface area contributed by atoms with Crippen LogP contribution in [0.15, 0.2) is 30.6 Å². The number of amides is 1. The number of nitrogens with one attached hydrogen (secondary N) is 1. The zero-order valence-electron chi connectivity index (χ0n) is 17.8. The number of carbonyl (C=O) groups excluding carboxylic acids is 1. The van der Waals surface area contributed by atoms with Crippen LogP contribution >= 0.6 is 0 Å². The fraction of sp³-hybridized carbons (Fsp3) is 0.273. The second kappa shape index (κ2) is 7.09. The monoisotopic (exact) mass is 420 g/mol. The van der Waals surface area contributed by atoms with Gasteiger partial charge in [-0.2, -0.15) is 5.26 Å². The molecule has 0 saturated heterocycles. The number of pyridine rings is 1. The fourth-order valence-electron chi connectivity index (χ4n) is 3.37. The Kier molecular flexibility index (Phi) is 4.65. The molecule has 0 fully saturated rings. The van der Waals surface area contributed by atoms with Crippen LogP contribution < -0.4 is 4.90 Å². The quantitative estimate of drug-likeness (QED) is 0.515. The molecule has 0 unspecified atom stereocenters. The van der Waals surface area contributed by atoms with Crippen LogP contribution in [0, 0.1) is 17.1 Å². The molecule has 31 heavy (non-hydrogen) atoms. The smallest absolute Gasteiger partial charge is 0.415 e. The first-order valence-corrected chi connectivity index (χ1v) is 9.59. The minimum absolute atomic E-state index is 0.0415. The van der Waals surface area contributed by atoms with E-state index in [2.05, 4.69) is 15.0 Å². The molecule has 0 saturated carbocycles. The first kappa shape index (κ1) is 20.3. The molecular weight excluding hydrogens is 399 g/mol. The van der Waals surface area contributed by atoms with E-state index in [1.165, 1.54) is 17.0 Å². The summed E-state index contributed by atoms with van der Waals surface area (Å²) >= 11 is 0. The second-order valence-electron chi connectivity index (χ2n) is 8.28. The van der Waals surface area contributed by atoms with Crippen molar-refractivity contribution in [3.63, 3.8) is 0 Å². The number of rotatable bonds is 2. The lowest BCUT2D eigenvalue weighted by molar-refractivity contribution is 0.0588. The van der Waals surface area contributed by atoms with E-state index in [0.29, 0.717) is 28.2 Å². The van der Waals surface area contributed by atoms with Gasteiger partial charge in [-0.25, -0.2) is 19.2 Å². The molecule has 3 heterocycles. The highest BCUT2D eigenvalue weighted by atomic mass is 19.1. The van der Waals surface area contributed by atoms with Gasteiger partial charge in [-0.05, 0) is 50.6 Å². The highest BCUT2D eigenvalue weighted by Gasteiger charge is 2.25. The summed E-state index contributed by atoms with van der Waals surface area (Å²) in [6, 6.07) is 8.06. The van der Waals surface area contributed by atoms with Crippen LogP contribution in [-0.2, 0) is 11.8 Å². The molecular formula is C22H21FN6O2. The van der Waals surface area contributed by atoms with Crippen molar-refractivity contribution < 1.29 is 13.9 Å². The average Bonchev–Trinajstić information content (AvgIpc) is 3.29. The summed E-state index contributed by atoms with van der Waals surface area (Å²) in [4.78, 5) is 26.2. The van der Waals surface area contributed by atoms with Crippen LogP contribution in [0.4, 0.5) is 15.0 Å². The Morgan fingerprint density at radius 3 is 2.74 bits per heavy atom. The third-order valence-electron chi connectivity index (χ3n) is 4.80. The Morgan fingerprint density at radius 2 is 2.06 bits per heavy atom. The molecule has 4 aromatic rings. The van der Waals surface area contributed by atoms with Gasteiger partial charge < -0.3 is 14.3 Å². The summed E-state index contributed by atoms with van der Waals surface area (Å²) in [5.74, 6) is -0.224. The van der Waals surface area contributed by atoms with E-state index in [1.807, 2.05) is 23.8 Å². The Morgan fingerprint density at radius 1 is 1.32 bits per heavy atom. The number of hydrogen-bond acceptors (Lipinski definition) is 5. The van der Waals surface area contributed by atoms with Gasteiger partial charge in [0, 0.05) is 25.2 Å². The minimum Gasteiger partial charge on any atom is -0.443 e. The zero-order valence-corrected chi connectivity index (χ0v) is 17.8. The normalized spacial score (nSPS) is 11.6. The van der Waals surface area contributed by atoms with Crippen LogP contribution in [0.5, 0.6) is 0 Å². The molecule has 1 aromatic carbocycles. The molecule has 8 nitrogen and oxygen atoms in total. The number of halogens is 1. The van der Waals surface area contributed by atoms with Gasteiger partial charge in [-0.3, -0.25) is 4.90 Å². The highest BCUT2D eigenvalue weighted by Crippen LogP contribution is 2.33. The van der Waals surface area contributed by atoms with Gasteiger partial charge in [0.15, 0.2) is 5.82 Å². The van der Waals surface area contributed by atoms with Gasteiger partial charge in [-0.1, -0.05) is 0 Å². The number of aromatic amines is 1. The molecule has 158 valence electrons. The Hall–Kier alpha value is -3.93. The molecule has 3 aromatic heterocycles. The van der Waals surface area contributed by atoms with Crippen molar-refractivity contribution >= 4 is 34.0 Å². The fourth-order valence-corrected chi connectivity index (χ4v) is 3.37. The summed E-state index contributed by atoms with van der Waals surface area (Å²) in [5.41, 5.74) is 2.47. The van der Waals surface area contributed by atoms with Crippen LogP contribution in [0.1, 0.15) is 26.3 Å². The number of carbonyl (C=O) groups is 1. The average molecular weight is 420 g/mol. The lowest BCUT2D eigenvalue weighted by Gasteiger charge is -2.24. The van der Waals surface area contributed by atoms with Gasteiger partial charge in [0.05, 0.1) is 17.4 Å². The summed E-state index contributed by atoms with van der Waals surface area (Å²) in [6.45, 7) is 5.38. The van der Waals surface area contributed by atoms with Gasteiger partial charge in [0.25, 0.3) is 0 Å². The highest BCUT2D eigenvalue weighted by molar-refractivity contribution is 6.09. The summed E-state index contributed by atoms with van der Waals surface area (Å²) < 4.78 is 21.0. The number of benzene rings is 1. The van der Waals surface area contributed by atoms with E-state index < -0.39 is 17.5 Å². The molecule has 4 rings (SSSR count). The molecule has 1 N–H and O–H groups in total. The Balaban J connectivity index is 1.89. The van der Waals surface area contributed by atoms with Crippen LogP contribution in [0.2, 0.25) is 0 Å². The van der Waals surface area contributed by atoms with Gasteiger partial charge in [-0.15, -0.1) is 0 Å². The predicted octanol–water partition coefficient (Wildman–Crippen LogP) is 4.50. The number of fused-ring (bicyclic) bond motifs is 3. The van der Waals surface area contributed by atoms with Gasteiger partial charge >= 0.3 is 6.09 Å². The molecule has 0 aliphatic rings. The summed E-state index contributed by atoms with van der Waals surface area (Å²) in [7, 11) is 3.43. The van der Waals surface area contributed by atoms with Crippen LogP contribution in [-0.4, -0.2) is 38.3 Å². The lowest BCUT2D eigenvalue weighted by atomic mass is 10.1. The van der Waals surface area contributed by atoms with E-state index in [1.54, 1.807) is 40.2 Å². The van der Waals surface area contributed by atoms with Crippen molar-refractivity contribution in [3.05, 3.63) is 42.0 Å². The van der Waals surface area contributed by atoms with Crippen molar-refractivity contribution in [2.75, 3.05) is 11.9 Å². The van der Waals surface area contributed by atoms with Gasteiger partial charge in [0.2, 0.25) is 0 Å². The predicted molar refractivity (Wildman–Crippen MR) is 115 cm³/mol. The SMILES string of the molecule is CN(C(=O)OC(C)(C)C)c1nc2[nH]c(-c3ccc(F)c(C#N)c3)cc2c2c1ncn2C. The number of hydrogen-bond donors (Lipinski definition) is 1. The molecule has 0 aliphatic carbocycles. The third-order valence-corrected chi connectivity index (χ3v) is 4.80. The topological polar surface area (TPSA) is 99.8 Å². The Labute approximate surface area is 177 Å². The van der Waals surface area contributed by atoms with E-state index >= 15 is 0 Å². The Bertz CT molecular complexity index is 1370. The lowest BCUT2D eigenvalue weighted by Crippen LogP contribution is -2.34. The standard InChI is InChI=1S/C22H21FN6O2/c1-22(2,3)31-21(30)29(5)20-17-18(28(4)11-25-17)14-9-16(26-19(14)27-20)12-6-7-15(23)13(8-12)10-24/h6-9,11H,1-5H3,(H,26,27). The molecule has 1 amide bonds. The molecule has 0 bridgehead atoms. The number of imidazole rings is 1. The van der Waals surface area contributed by atoms with E-state index in [9.17, 15) is 9.18 Å². The van der Waals surface area contributed by atoms with Crippen LogP contribution in [0.25, 0.3) is 33.3 Å². The number of aryl methyl sites for hydroxylation is 1. The maximum absolute atomic E-state index is 13.7. The van der Waals surface area contributed by atoms with Crippen molar-refractivity contribution in [3.8, 4) is 17.3 Å². The first-order chi connectivity index (χ1) is 14.6. The van der Waals surface area contributed by atoms with E-state index in [0.717, 1.165) is 10.9 Å². The van der Waals surface area contributed by atoms with Crippen molar-refractivity contribution in [2.45, 2.75) is 26.4 Å². The van der Waals surface area contributed by atoms with Crippen molar-refractivity contribution in [1.29, 1.82) is 5.26 Å². The number of aromatic nitrogens is 4. The van der Waals surface area contributed by atoms with Gasteiger partial charge in [0.1, 0.15) is 28.7 Å². The minimum atomic E-state index is -0.653. The molecule has 0 radical (unpaired) electrons. The van der Waals surface area contributed by atoms with Crippen molar-refractivity contribution in [2.24, 2.45) is 7.05 Å². The molecule has 0 spiro atoms. The second-order valence-corrected chi connectivity index (χ2v) is 8.28. The van der Waals surface area contributed by atoms with Crippen LogP contribution in [0.3, 0.4) is 0 Å². The van der Waals surface area contributed by atoms with E-state index in [-0.39, 0.29) is 5.56 Å². The number of nitrogens with zero attached hydrogens (tertiary/aromatic N) is 5. The number of H-pyrrole nitrogens is 1. The maximum Gasteiger partial charge on any atom is 0.415 e. The molecule has 9 heteroatoms. The zero-order chi connectivity index (χ0) is 22.5. The third kappa shape index (κ3) is 3.57. The van der Waals surface area contributed by atoms with Crippen molar-refractivity contribution in [1.82, 2.24) is 19.5 Å². The largest absolute Gasteiger partial charge is 0.443 e.